The highest BCUT2D eigenvalue weighted by molar-refractivity contribution is 6.24. The van der Waals surface area contributed by atoms with Crippen molar-refractivity contribution in [1.82, 2.24) is 9.80 Å². The number of halogens is 3. The zero-order valence-corrected chi connectivity index (χ0v) is 23.7. The number of phenols is 1. The second-order valence-corrected chi connectivity index (χ2v) is 12.8. The summed E-state index contributed by atoms with van der Waals surface area (Å²) in [4.78, 5) is 42.8. The fraction of sp³-hybridized carbons (Fsp3) is 0.567. The van der Waals surface area contributed by atoms with Gasteiger partial charge in [-0.15, -0.1) is 0 Å². The van der Waals surface area contributed by atoms with Crippen molar-refractivity contribution in [2.75, 3.05) is 27.2 Å². The number of amides is 1. The summed E-state index contributed by atoms with van der Waals surface area (Å²) < 4.78 is 44.8. The Morgan fingerprint density at radius 2 is 1.84 bits per heavy atom. The van der Waals surface area contributed by atoms with Gasteiger partial charge in [-0.2, -0.15) is 13.2 Å². The lowest BCUT2D eigenvalue weighted by molar-refractivity contribution is -0.148. The number of benzene rings is 1. The summed E-state index contributed by atoms with van der Waals surface area (Å²) in [6, 6.07) is -0.830. The molecule has 6 rings (SSSR count). The number of rotatable bonds is 5. The number of allylic oxidation sites excluding steroid dienone is 1. The zero-order valence-electron chi connectivity index (χ0n) is 23.7. The number of alkyl halides is 3. The normalized spacial score (nSPS) is 31.4. The van der Waals surface area contributed by atoms with E-state index in [1.165, 1.54) is 19.0 Å². The number of primary amides is 1. The Kier molecular flexibility index (Phi) is 6.75. The van der Waals surface area contributed by atoms with Gasteiger partial charge in [-0.3, -0.25) is 24.2 Å². The standard InChI is InChI=1S/C30H34F3N3O7/c1-35(2)23-16-9-13-8-15-20(24(38)19(13)26(40)29(16,43)27(41)21(25(23)39)28(34)42)18(37)10-14(22(15)30(31,32)33)17-4-3-7-36(17)11-12-5-6-12/h10,12-13,16-17,23,37,39-40,43H,3-9,11H2,1-2H3,(H2,34,42)/t13-,16-,17?,23-,29-/m0/s1. The Bertz CT molecular complexity index is 1510. The van der Waals surface area contributed by atoms with Crippen molar-refractivity contribution in [2.45, 2.75) is 62.4 Å². The molecule has 1 heterocycles. The summed E-state index contributed by atoms with van der Waals surface area (Å²) in [7, 11) is 2.96. The second-order valence-electron chi connectivity index (χ2n) is 12.8. The van der Waals surface area contributed by atoms with Gasteiger partial charge in [0.25, 0.3) is 5.91 Å². The molecule has 5 aliphatic rings. The van der Waals surface area contributed by atoms with Crippen LogP contribution in [-0.2, 0) is 22.2 Å². The van der Waals surface area contributed by atoms with Crippen molar-refractivity contribution < 1.29 is 48.0 Å². The van der Waals surface area contributed by atoms with E-state index in [0.29, 0.717) is 31.8 Å². The molecule has 1 aromatic carbocycles. The summed E-state index contributed by atoms with van der Waals surface area (Å²) in [5, 5.41) is 45.0. The van der Waals surface area contributed by atoms with E-state index in [1.807, 2.05) is 4.90 Å². The largest absolute Gasteiger partial charge is 0.510 e. The number of hydrogen-bond donors (Lipinski definition) is 5. The lowest BCUT2D eigenvalue weighted by atomic mass is 9.58. The van der Waals surface area contributed by atoms with Gasteiger partial charge in [-0.1, -0.05) is 0 Å². The fourth-order valence-corrected chi connectivity index (χ4v) is 7.98. The Labute approximate surface area is 245 Å². The predicted molar refractivity (Wildman–Crippen MR) is 145 cm³/mol. The van der Waals surface area contributed by atoms with E-state index in [2.05, 4.69) is 0 Å². The van der Waals surface area contributed by atoms with Crippen molar-refractivity contribution in [3.8, 4) is 5.75 Å². The van der Waals surface area contributed by atoms with E-state index in [1.54, 1.807) is 0 Å². The molecule has 13 heteroatoms. The maximum atomic E-state index is 14.9. The number of likely N-dealkylation sites (N-methyl/N-ethyl adjacent to an activating group) is 1. The Morgan fingerprint density at radius 3 is 2.42 bits per heavy atom. The third kappa shape index (κ3) is 4.30. The molecule has 10 nitrogen and oxygen atoms in total. The third-order valence-corrected chi connectivity index (χ3v) is 9.95. The monoisotopic (exact) mass is 605 g/mol. The molecule has 232 valence electrons. The van der Waals surface area contributed by atoms with Crippen LogP contribution in [0.15, 0.2) is 28.7 Å². The number of ketones is 2. The van der Waals surface area contributed by atoms with Crippen LogP contribution in [0, 0.1) is 17.8 Å². The molecule has 0 radical (unpaired) electrons. The molecular formula is C30H34F3N3O7. The maximum Gasteiger partial charge on any atom is 0.417 e. The molecule has 4 aliphatic carbocycles. The van der Waals surface area contributed by atoms with Gasteiger partial charge < -0.3 is 26.2 Å². The number of carbonyl (C=O) groups excluding carboxylic acids is 3. The number of aliphatic hydroxyl groups is 3. The number of nitrogens with zero attached hydrogens (tertiary/aromatic N) is 2. The van der Waals surface area contributed by atoms with Crippen molar-refractivity contribution in [2.24, 2.45) is 23.5 Å². The van der Waals surface area contributed by atoms with E-state index in [9.17, 15) is 48.0 Å². The molecule has 5 atom stereocenters. The van der Waals surface area contributed by atoms with E-state index in [0.717, 1.165) is 18.9 Å². The maximum absolute atomic E-state index is 14.9. The lowest BCUT2D eigenvalue weighted by Crippen LogP contribution is -2.63. The number of phenolic OH excluding ortho intramolecular Hbond substituents is 1. The molecule has 6 N–H and O–H groups in total. The highest BCUT2D eigenvalue weighted by atomic mass is 19.4. The average Bonchev–Trinajstić information content (AvgIpc) is 3.59. The van der Waals surface area contributed by atoms with Crippen molar-refractivity contribution in [3.63, 3.8) is 0 Å². The molecule has 1 saturated heterocycles. The minimum absolute atomic E-state index is 0.0932. The van der Waals surface area contributed by atoms with Crippen LogP contribution in [0.5, 0.6) is 5.75 Å². The molecule has 2 fully saturated rings. The summed E-state index contributed by atoms with van der Waals surface area (Å²) in [6.07, 6.45) is -2.37. The molecule has 0 spiro atoms. The van der Waals surface area contributed by atoms with Crippen LogP contribution in [-0.4, -0.2) is 86.5 Å². The number of nitrogens with two attached hydrogens (primary N) is 1. The van der Waals surface area contributed by atoms with Gasteiger partial charge in [-0.25, -0.2) is 0 Å². The first-order valence-corrected chi connectivity index (χ1v) is 14.4. The molecule has 1 aromatic rings. The van der Waals surface area contributed by atoms with Gasteiger partial charge in [0, 0.05) is 24.1 Å². The van der Waals surface area contributed by atoms with Crippen LogP contribution < -0.4 is 5.73 Å². The number of Topliss-reactive ketones (excluding diaryl/α,β-unsaturated/α-hetero) is 2. The van der Waals surface area contributed by atoms with Crippen LogP contribution in [0.4, 0.5) is 13.2 Å². The van der Waals surface area contributed by atoms with Gasteiger partial charge in [0.15, 0.2) is 11.4 Å². The molecule has 1 amide bonds. The first-order valence-electron chi connectivity index (χ1n) is 14.4. The minimum Gasteiger partial charge on any atom is -0.510 e. The zero-order chi connectivity index (χ0) is 31.3. The highest BCUT2D eigenvalue weighted by Crippen LogP contribution is 2.55. The molecule has 0 bridgehead atoms. The first kappa shape index (κ1) is 29.6. The molecule has 1 unspecified atom stereocenters. The van der Waals surface area contributed by atoms with Gasteiger partial charge in [0.1, 0.15) is 22.8 Å². The molecule has 0 aromatic heterocycles. The first-order chi connectivity index (χ1) is 20.1. The van der Waals surface area contributed by atoms with E-state index >= 15 is 0 Å². The minimum atomic E-state index is -4.87. The second kappa shape index (κ2) is 9.80. The Balaban J connectivity index is 1.52. The van der Waals surface area contributed by atoms with Crippen molar-refractivity contribution in [1.29, 1.82) is 0 Å². The van der Waals surface area contributed by atoms with Crippen LogP contribution >= 0.6 is 0 Å². The third-order valence-electron chi connectivity index (χ3n) is 9.95. The summed E-state index contributed by atoms with van der Waals surface area (Å²) in [6.45, 7) is 1.29. The van der Waals surface area contributed by atoms with E-state index < -0.39 is 99.1 Å². The Morgan fingerprint density at radius 1 is 1.16 bits per heavy atom. The molecule has 43 heavy (non-hydrogen) atoms. The molecule has 1 saturated carbocycles. The summed E-state index contributed by atoms with van der Waals surface area (Å²) in [5.74, 6) is -8.42. The quantitative estimate of drug-likeness (QED) is 0.318. The van der Waals surface area contributed by atoms with Gasteiger partial charge in [0.2, 0.25) is 5.78 Å². The topological polar surface area (TPSA) is 165 Å². The van der Waals surface area contributed by atoms with Crippen LogP contribution in [0.25, 0.3) is 0 Å². The summed E-state index contributed by atoms with van der Waals surface area (Å²) in [5.41, 5.74) is -1.08. The van der Waals surface area contributed by atoms with Gasteiger partial charge >= 0.3 is 6.18 Å². The van der Waals surface area contributed by atoms with Crippen LogP contribution in [0.3, 0.4) is 0 Å². The number of aliphatic hydroxyl groups excluding tert-OH is 2. The van der Waals surface area contributed by atoms with Gasteiger partial charge in [0.05, 0.1) is 17.2 Å². The molecular weight excluding hydrogens is 571 g/mol. The van der Waals surface area contributed by atoms with E-state index in [-0.39, 0.29) is 17.5 Å². The highest BCUT2D eigenvalue weighted by Gasteiger charge is 2.63. The van der Waals surface area contributed by atoms with Crippen LogP contribution in [0.2, 0.25) is 0 Å². The number of likely N-dealkylation sites (tertiary alicyclic amines) is 1. The SMILES string of the molecule is CN(C)[C@@H]1C(O)=C(C(N)=O)C(=O)[C@@]2(O)C(O)=C3C(=O)c4c(O)cc(C5CCCN5CC5CC5)c(C(F)(F)F)c4C[C@H]3C[C@@H]12. The van der Waals surface area contributed by atoms with Gasteiger partial charge in [-0.05, 0) is 88.2 Å². The lowest BCUT2D eigenvalue weighted by Gasteiger charge is -2.50. The summed E-state index contributed by atoms with van der Waals surface area (Å²) >= 11 is 0. The smallest absolute Gasteiger partial charge is 0.417 e. The molecule has 1 aliphatic heterocycles. The number of carbonyl (C=O) groups is 3. The van der Waals surface area contributed by atoms with Crippen molar-refractivity contribution in [3.05, 3.63) is 51.0 Å². The average molecular weight is 606 g/mol. The number of fused-ring (bicyclic) bond motifs is 3. The number of aromatic hydroxyl groups is 1. The van der Waals surface area contributed by atoms with Crippen LogP contribution in [0.1, 0.15) is 65.2 Å². The van der Waals surface area contributed by atoms with E-state index in [4.69, 9.17) is 5.73 Å². The number of hydrogen-bond acceptors (Lipinski definition) is 9. The predicted octanol–water partition coefficient (Wildman–Crippen LogP) is 2.69. The fourth-order valence-electron chi connectivity index (χ4n) is 7.98. The van der Waals surface area contributed by atoms with Crippen molar-refractivity contribution >= 4 is 17.5 Å². The Hall–Kier alpha value is -3.42.